The molecule has 0 saturated carbocycles. The average Bonchev–Trinajstić information content (AvgIpc) is 2.43. The fourth-order valence-corrected chi connectivity index (χ4v) is 3.27. The number of rotatable bonds is 5. The summed E-state index contributed by atoms with van der Waals surface area (Å²) in [6.07, 6.45) is 4.30. The van der Waals surface area contributed by atoms with Crippen molar-refractivity contribution in [2.45, 2.75) is 46.0 Å². The molecule has 1 aliphatic heterocycles. The molecule has 0 aromatic heterocycles. The number of hydrogen-bond donors (Lipinski definition) is 1. The molecule has 1 aliphatic rings. The molecule has 2 rings (SSSR count). The number of nitrogens with one attached hydrogen (secondary N) is 1. The first-order valence-corrected chi connectivity index (χ1v) is 7.56. The van der Waals surface area contributed by atoms with E-state index in [1.165, 1.54) is 12.1 Å². The van der Waals surface area contributed by atoms with Crippen LogP contribution in [-0.4, -0.2) is 18.9 Å². The van der Waals surface area contributed by atoms with Crippen LogP contribution in [0.15, 0.2) is 18.2 Å². The molecule has 1 saturated heterocycles. The van der Waals surface area contributed by atoms with Crippen molar-refractivity contribution in [2.75, 3.05) is 13.1 Å². The second-order valence-electron chi connectivity index (χ2n) is 5.95. The van der Waals surface area contributed by atoms with E-state index in [2.05, 4.69) is 12.2 Å². The van der Waals surface area contributed by atoms with Crippen molar-refractivity contribution in [2.24, 2.45) is 5.41 Å². The van der Waals surface area contributed by atoms with Gasteiger partial charge in [-0.2, -0.15) is 0 Å². The van der Waals surface area contributed by atoms with Crippen LogP contribution in [0.1, 0.15) is 43.7 Å². The predicted octanol–water partition coefficient (Wildman–Crippen LogP) is 3.42. The van der Waals surface area contributed by atoms with Crippen molar-refractivity contribution in [1.82, 2.24) is 5.32 Å². The predicted molar refractivity (Wildman–Crippen MR) is 79.3 cm³/mol. The lowest BCUT2D eigenvalue weighted by atomic mass is 9.70. The van der Waals surface area contributed by atoms with Gasteiger partial charge in [0.15, 0.2) is 0 Å². The van der Waals surface area contributed by atoms with E-state index in [1.807, 2.05) is 6.92 Å². The van der Waals surface area contributed by atoms with E-state index in [9.17, 15) is 9.18 Å². The number of hydrogen-bond acceptors (Lipinski definition) is 2. The summed E-state index contributed by atoms with van der Waals surface area (Å²) in [5.41, 5.74) is 1.67. The van der Waals surface area contributed by atoms with Gasteiger partial charge in [-0.3, -0.25) is 4.79 Å². The van der Waals surface area contributed by atoms with Crippen LogP contribution in [0.5, 0.6) is 0 Å². The number of carbonyl (C=O) groups excluding carboxylic acids is 1. The highest BCUT2D eigenvalue weighted by atomic mass is 19.1. The Balaban J connectivity index is 2.15. The van der Waals surface area contributed by atoms with Crippen LogP contribution in [0, 0.1) is 18.2 Å². The van der Waals surface area contributed by atoms with E-state index in [4.69, 9.17) is 0 Å². The molecular formula is C17H24FNO. The molecule has 0 radical (unpaired) electrons. The molecule has 1 N–H and O–H groups in total. The topological polar surface area (TPSA) is 29.1 Å². The van der Waals surface area contributed by atoms with Crippen molar-refractivity contribution in [3.8, 4) is 0 Å². The summed E-state index contributed by atoms with van der Waals surface area (Å²) in [6.45, 7) is 5.86. The van der Waals surface area contributed by atoms with E-state index in [1.54, 1.807) is 6.07 Å². The highest BCUT2D eigenvalue weighted by Gasteiger charge is 2.37. The van der Waals surface area contributed by atoms with E-state index in [0.717, 1.165) is 49.9 Å². The fraction of sp³-hybridized carbons (Fsp3) is 0.588. The molecule has 0 aliphatic carbocycles. The van der Waals surface area contributed by atoms with Crippen LogP contribution in [0.3, 0.4) is 0 Å². The Morgan fingerprint density at radius 1 is 1.35 bits per heavy atom. The molecule has 2 nitrogen and oxygen atoms in total. The molecule has 1 heterocycles. The second kappa shape index (κ2) is 6.49. The zero-order valence-electron chi connectivity index (χ0n) is 12.5. The van der Waals surface area contributed by atoms with Gasteiger partial charge in [-0.25, -0.2) is 4.39 Å². The molecule has 3 heteroatoms. The molecule has 110 valence electrons. The van der Waals surface area contributed by atoms with E-state index >= 15 is 0 Å². The van der Waals surface area contributed by atoms with Crippen LogP contribution >= 0.6 is 0 Å². The third-order valence-electron chi connectivity index (χ3n) is 4.54. The first kappa shape index (κ1) is 15.2. The Morgan fingerprint density at radius 2 is 2.05 bits per heavy atom. The normalized spacial score (nSPS) is 17.9. The molecule has 1 aromatic rings. The van der Waals surface area contributed by atoms with Crippen molar-refractivity contribution >= 4 is 5.78 Å². The summed E-state index contributed by atoms with van der Waals surface area (Å²) >= 11 is 0. The summed E-state index contributed by atoms with van der Waals surface area (Å²) in [6, 6.07) is 4.71. The number of halogens is 1. The van der Waals surface area contributed by atoms with Crippen LogP contribution in [0.4, 0.5) is 4.39 Å². The fourth-order valence-electron chi connectivity index (χ4n) is 3.27. The third kappa shape index (κ3) is 3.26. The Labute approximate surface area is 120 Å². The quantitative estimate of drug-likeness (QED) is 0.893. The average molecular weight is 277 g/mol. The van der Waals surface area contributed by atoms with Gasteiger partial charge < -0.3 is 5.32 Å². The van der Waals surface area contributed by atoms with Gasteiger partial charge in [0.2, 0.25) is 0 Å². The zero-order valence-corrected chi connectivity index (χ0v) is 12.5. The van der Waals surface area contributed by atoms with Crippen LogP contribution < -0.4 is 5.32 Å². The lowest BCUT2D eigenvalue weighted by Gasteiger charge is -2.36. The summed E-state index contributed by atoms with van der Waals surface area (Å²) < 4.78 is 13.1. The molecule has 0 atom stereocenters. The van der Waals surface area contributed by atoms with E-state index in [0.29, 0.717) is 12.2 Å². The summed E-state index contributed by atoms with van der Waals surface area (Å²) in [5.74, 6) is 0.0967. The summed E-state index contributed by atoms with van der Waals surface area (Å²) in [5, 5.41) is 3.33. The molecule has 0 spiro atoms. The number of carbonyl (C=O) groups is 1. The van der Waals surface area contributed by atoms with Crippen LogP contribution in [-0.2, 0) is 11.2 Å². The first-order valence-electron chi connectivity index (χ1n) is 7.56. The molecule has 0 unspecified atom stereocenters. The minimum absolute atomic E-state index is 0.166. The number of ketones is 1. The van der Waals surface area contributed by atoms with Gasteiger partial charge in [0, 0.05) is 11.8 Å². The van der Waals surface area contributed by atoms with Crippen LogP contribution in [0.25, 0.3) is 0 Å². The molecule has 20 heavy (non-hydrogen) atoms. The summed E-state index contributed by atoms with van der Waals surface area (Å²) in [4.78, 5) is 12.8. The van der Waals surface area contributed by atoms with Gasteiger partial charge in [0.25, 0.3) is 0 Å². The van der Waals surface area contributed by atoms with Gasteiger partial charge in [-0.15, -0.1) is 0 Å². The molecule has 0 bridgehead atoms. The lowest BCUT2D eigenvalue weighted by molar-refractivity contribution is -0.130. The van der Waals surface area contributed by atoms with Gasteiger partial charge >= 0.3 is 0 Å². The number of aryl methyl sites for hydroxylation is 1. The Hall–Kier alpha value is -1.22. The van der Waals surface area contributed by atoms with Gasteiger partial charge in [-0.05, 0) is 62.5 Å². The molecule has 1 aromatic carbocycles. The lowest BCUT2D eigenvalue weighted by Crippen LogP contribution is -2.42. The highest BCUT2D eigenvalue weighted by Crippen LogP contribution is 2.36. The van der Waals surface area contributed by atoms with Gasteiger partial charge in [0.1, 0.15) is 11.6 Å². The first-order chi connectivity index (χ1) is 9.57. The maximum Gasteiger partial charge on any atom is 0.143 e. The van der Waals surface area contributed by atoms with Gasteiger partial charge in [-0.1, -0.05) is 19.4 Å². The molecule has 1 fully saturated rings. The summed E-state index contributed by atoms with van der Waals surface area (Å²) in [7, 11) is 0. The standard InChI is InChI=1S/C17H24FNO/c1-3-6-17(7-9-19-10-8-17)16(20)12-14-4-5-15(18)11-13(14)2/h4-5,11,19H,3,6-10,12H2,1-2H3. The minimum Gasteiger partial charge on any atom is -0.317 e. The maximum atomic E-state index is 13.1. The zero-order chi connectivity index (χ0) is 14.6. The van der Waals surface area contributed by atoms with Crippen molar-refractivity contribution in [1.29, 1.82) is 0 Å². The smallest absolute Gasteiger partial charge is 0.143 e. The molecule has 0 amide bonds. The van der Waals surface area contributed by atoms with E-state index in [-0.39, 0.29) is 11.2 Å². The largest absolute Gasteiger partial charge is 0.317 e. The van der Waals surface area contributed by atoms with Crippen molar-refractivity contribution in [3.05, 3.63) is 35.1 Å². The molecular weight excluding hydrogens is 253 g/mol. The third-order valence-corrected chi connectivity index (χ3v) is 4.54. The van der Waals surface area contributed by atoms with Gasteiger partial charge in [0.05, 0.1) is 0 Å². The SMILES string of the molecule is CCCC1(C(=O)Cc2ccc(F)cc2C)CCNCC1. The Morgan fingerprint density at radius 3 is 2.65 bits per heavy atom. The van der Waals surface area contributed by atoms with E-state index < -0.39 is 0 Å². The van der Waals surface area contributed by atoms with Crippen LogP contribution in [0.2, 0.25) is 0 Å². The number of Topliss-reactive ketones (excluding diaryl/α,β-unsaturated/α-hetero) is 1. The number of piperidine rings is 1. The number of benzene rings is 1. The Kier molecular flexibility index (Phi) is 4.92. The minimum atomic E-state index is -0.233. The monoisotopic (exact) mass is 277 g/mol. The Bertz CT molecular complexity index is 472. The highest BCUT2D eigenvalue weighted by molar-refractivity contribution is 5.87. The van der Waals surface area contributed by atoms with Crippen molar-refractivity contribution < 1.29 is 9.18 Å². The van der Waals surface area contributed by atoms with Crippen molar-refractivity contribution in [3.63, 3.8) is 0 Å². The maximum absolute atomic E-state index is 13.1. The second-order valence-corrected chi connectivity index (χ2v) is 5.95.